The summed E-state index contributed by atoms with van der Waals surface area (Å²) >= 11 is 1.62. The van der Waals surface area contributed by atoms with E-state index < -0.39 is 0 Å². The molecule has 1 aromatic heterocycles. The summed E-state index contributed by atoms with van der Waals surface area (Å²) < 4.78 is 10.6. The lowest BCUT2D eigenvalue weighted by Gasteiger charge is -2.32. The minimum Gasteiger partial charge on any atom is -0.497 e. The Bertz CT molecular complexity index is 838. The SMILES string of the molecule is COc1ccc(CNC(=O)CC[C@H]2CCCN(C(=O)Cc3cccs3)C2)c(OC)c1. The normalized spacial score (nSPS) is 16.2. The van der Waals surface area contributed by atoms with Crippen LogP contribution in [0.5, 0.6) is 11.5 Å². The Morgan fingerprint density at radius 3 is 2.83 bits per heavy atom. The van der Waals surface area contributed by atoms with Gasteiger partial charge in [-0.1, -0.05) is 6.07 Å². The largest absolute Gasteiger partial charge is 0.497 e. The highest BCUT2D eigenvalue weighted by Crippen LogP contribution is 2.25. The van der Waals surface area contributed by atoms with E-state index in [0.717, 1.165) is 48.5 Å². The number of nitrogens with zero attached hydrogens (tertiary/aromatic N) is 1. The Morgan fingerprint density at radius 2 is 2.10 bits per heavy atom. The maximum absolute atomic E-state index is 12.5. The van der Waals surface area contributed by atoms with Gasteiger partial charge in [0.05, 0.1) is 20.6 Å². The number of thiophene rings is 1. The van der Waals surface area contributed by atoms with Gasteiger partial charge in [-0.3, -0.25) is 9.59 Å². The molecule has 1 atom stereocenters. The van der Waals surface area contributed by atoms with Crippen LogP contribution in [0.1, 0.15) is 36.1 Å². The van der Waals surface area contributed by atoms with Crippen molar-refractivity contribution in [3.63, 3.8) is 0 Å². The molecule has 0 bridgehead atoms. The molecule has 3 rings (SSSR count). The number of ether oxygens (including phenoxy) is 2. The summed E-state index contributed by atoms with van der Waals surface area (Å²) in [6.07, 6.45) is 3.83. The van der Waals surface area contributed by atoms with E-state index in [2.05, 4.69) is 5.32 Å². The summed E-state index contributed by atoms with van der Waals surface area (Å²) in [4.78, 5) is 28.0. The summed E-state index contributed by atoms with van der Waals surface area (Å²) in [6, 6.07) is 9.55. The summed E-state index contributed by atoms with van der Waals surface area (Å²) in [5.74, 6) is 2.01. The van der Waals surface area contributed by atoms with Crippen molar-refractivity contribution in [2.24, 2.45) is 5.92 Å². The van der Waals surface area contributed by atoms with Crippen molar-refractivity contribution in [3.8, 4) is 11.5 Å². The highest BCUT2D eigenvalue weighted by atomic mass is 32.1. The first kappa shape index (κ1) is 22.2. The molecule has 1 aromatic carbocycles. The molecule has 7 heteroatoms. The average molecular weight is 431 g/mol. The van der Waals surface area contributed by atoms with Gasteiger partial charge >= 0.3 is 0 Å². The second kappa shape index (κ2) is 11.0. The molecular weight excluding hydrogens is 400 g/mol. The Hall–Kier alpha value is -2.54. The van der Waals surface area contributed by atoms with Gasteiger partial charge in [0, 0.05) is 42.6 Å². The third kappa shape index (κ3) is 6.23. The first-order chi connectivity index (χ1) is 14.6. The molecular formula is C23H30N2O4S. The van der Waals surface area contributed by atoms with Crippen LogP contribution in [-0.2, 0) is 22.6 Å². The van der Waals surface area contributed by atoms with Crippen molar-refractivity contribution in [1.29, 1.82) is 0 Å². The summed E-state index contributed by atoms with van der Waals surface area (Å²) in [7, 11) is 3.22. The molecule has 1 N–H and O–H groups in total. The standard InChI is InChI=1S/C23H30N2O4S/c1-28-19-9-8-18(21(13-19)29-2)15-24-22(26)10-7-17-5-3-11-25(16-17)23(27)14-20-6-4-12-30-20/h4,6,8-9,12-13,17H,3,5,7,10-11,14-16H2,1-2H3,(H,24,26)/t17-/m1/s1. The molecule has 1 aliphatic rings. The number of carbonyl (C=O) groups is 2. The van der Waals surface area contributed by atoms with Crippen LogP contribution >= 0.6 is 11.3 Å². The maximum Gasteiger partial charge on any atom is 0.227 e. The lowest BCUT2D eigenvalue weighted by Crippen LogP contribution is -2.41. The van der Waals surface area contributed by atoms with Crippen molar-refractivity contribution >= 4 is 23.2 Å². The van der Waals surface area contributed by atoms with E-state index >= 15 is 0 Å². The molecule has 6 nitrogen and oxygen atoms in total. The summed E-state index contributed by atoms with van der Waals surface area (Å²) in [5.41, 5.74) is 0.912. The molecule has 0 radical (unpaired) electrons. The van der Waals surface area contributed by atoms with Gasteiger partial charge in [0.2, 0.25) is 11.8 Å². The third-order valence-electron chi connectivity index (χ3n) is 5.53. The second-order valence-electron chi connectivity index (χ2n) is 7.60. The molecule has 162 valence electrons. The fourth-order valence-electron chi connectivity index (χ4n) is 3.82. The number of likely N-dealkylation sites (tertiary alicyclic amines) is 1. The van der Waals surface area contributed by atoms with Gasteiger partial charge in [0.15, 0.2) is 0 Å². The molecule has 1 fully saturated rings. The minimum absolute atomic E-state index is 0.0231. The Labute approximate surface area is 182 Å². The zero-order valence-electron chi connectivity index (χ0n) is 17.7. The van der Waals surface area contributed by atoms with Gasteiger partial charge in [-0.2, -0.15) is 0 Å². The fourth-order valence-corrected chi connectivity index (χ4v) is 4.51. The van der Waals surface area contributed by atoms with Gasteiger partial charge in [-0.05, 0) is 48.8 Å². The van der Waals surface area contributed by atoms with Crippen molar-refractivity contribution in [2.75, 3.05) is 27.3 Å². The number of methoxy groups -OCH3 is 2. The minimum atomic E-state index is 0.0231. The Balaban J connectivity index is 1.42. The van der Waals surface area contributed by atoms with E-state index in [1.54, 1.807) is 25.6 Å². The summed E-state index contributed by atoms with van der Waals surface area (Å²) in [5, 5.41) is 4.98. The van der Waals surface area contributed by atoms with E-state index in [4.69, 9.17) is 9.47 Å². The third-order valence-corrected chi connectivity index (χ3v) is 6.40. The lowest BCUT2D eigenvalue weighted by molar-refractivity contribution is -0.132. The number of nitrogens with one attached hydrogen (secondary N) is 1. The molecule has 30 heavy (non-hydrogen) atoms. The van der Waals surface area contributed by atoms with Gasteiger partial charge < -0.3 is 19.7 Å². The quantitative estimate of drug-likeness (QED) is 0.660. The van der Waals surface area contributed by atoms with Crippen LogP contribution in [0.4, 0.5) is 0 Å². The van der Waals surface area contributed by atoms with Crippen LogP contribution in [0.3, 0.4) is 0 Å². The second-order valence-corrected chi connectivity index (χ2v) is 8.63. The zero-order valence-corrected chi connectivity index (χ0v) is 18.5. The smallest absolute Gasteiger partial charge is 0.227 e. The molecule has 1 aliphatic heterocycles. The Kier molecular flexibility index (Phi) is 8.13. The Morgan fingerprint density at radius 1 is 1.23 bits per heavy atom. The molecule has 2 heterocycles. The highest BCUT2D eigenvalue weighted by molar-refractivity contribution is 7.10. The molecule has 0 spiro atoms. The number of carbonyl (C=O) groups excluding carboxylic acids is 2. The number of hydrogen-bond acceptors (Lipinski definition) is 5. The van der Waals surface area contributed by atoms with E-state index in [1.165, 1.54) is 0 Å². The van der Waals surface area contributed by atoms with Crippen LogP contribution < -0.4 is 14.8 Å². The molecule has 1 saturated heterocycles. The van der Waals surface area contributed by atoms with Crippen LogP contribution in [-0.4, -0.2) is 44.0 Å². The predicted octanol–water partition coefficient (Wildman–Crippen LogP) is 3.64. The van der Waals surface area contributed by atoms with Gasteiger partial charge in [-0.15, -0.1) is 11.3 Å². The molecule has 2 aromatic rings. The van der Waals surface area contributed by atoms with E-state index in [-0.39, 0.29) is 11.8 Å². The topological polar surface area (TPSA) is 67.9 Å². The van der Waals surface area contributed by atoms with Crippen molar-refractivity contribution in [1.82, 2.24) is 10.2 Å². The zero-order chi connectivity index (χ0) is 21.3. The number of amides is 2. The maximum atomic E-state index is 12.5. The highest BCUT2D eigenvalue weighted by Gasteiger charge is 2.24. The van der Waals surface area contributed by atoms with Crippen LogP contribution in [0.25, 0.3) is 0 Å². The number of rotatable bonds is 9. The molecule has 0 aliphatic carbocycles. The fraction of sp³-hybridized carbons (Fsp3) is 0.478. The van der Waals surface area contributed by atoms with Gasteiger partial charge in [0.25, 0.3) is 0 Å². The molecule has 2 amide bonds. The van der Waals surface area contributed by atoms with Crippen LogP contribution in [0.2, 0.25) is 0 Å². The van der Waals surface area contributed by atoms with Gasteiger partial charge in [-0.25, -0.2) is 0 Å². The van der Waals surface area contributed by atoms with Gasteiger partial charge in [0.1, 0.15) is 11.5 Å². The van der Waals surface area contributed by atoms with Crippen molar-refractivity contribution in [2.45, 2.75) is 38.6 Å². The predicted molar refractivity (Wildman–Crippen MR) is 118 cm³/mol. The number of benzene rings is 1. The molecule has 0 unspecified atom stereocenters. The average Bonchev–Trinajstić information content (AvgIpc) is 3.29. The van der Waals surface area contributed by atoms with Crippen molar-refractivity contribution in [3.05, 3.63) is 46.2 Å². The number of hydrogen-bond donors (Lipinski definition) is 1. The van der Waals surface area contributed by atoms with E-state index in [9.17, 15) is 9.59 Å². The number of piperidine rings is 1. The van der Waals surface area contributed by atoms with Crippen LogP contribution in [0.15, 0.2) is 35.7 Å². The van der Waals surface area contributed by atoms with Crippen molar-refractivity contribution < 1.29 is 19.1 Å². The van der Waals surface area contributed by atoms with E-state index in [1.807, 2.05) is 40.6 Å². The first-order valence-corrected chi connectivity index (χ1v) is 11.2. The van der Waals surface area contributed by atoms with Crippen LogP contribution in [0, 0.1) is 5.92 Å². The monoisotopic (exact) mass is 430 g/mol. The first-order valence-electron chi connectivity index (χ1n) is 10.4. The summed E-state index contributed by atoms with van der Waals surface area (Å²) in [6.45, 7) is 2.00. The lowest BCUT2D eigenvalue weighted by atomic mass is 9.93. The molecule has 0 saturated carbocycles. The van der Waals surface area contributed by atoms with E-state index in [0.29, 0.717) is 31.1 Å².